The summed E-state index contributed by atoms with van der Waals surface area (Å²) in [4.78, 5) is 13.2. The van der Waals surface area contributed by atoms with Gasteiger partial charge in [-0.05, 0) is 18.6 Å². The predicted octanol–water partition coefficient (Wildman–Crippen LogP) is 2.04. The quantitative estimate of drug-likeness (QED) is 0.744. The first-order valence-corrected chi connectivity index (χ1v) is 5.77. The highest BCUT2D eigenvalue weighted by Gasteiger charge is 2.00. The molecule has 1 amide bonds. The molecule has 0 heterocycles. The number of carbonyl (C=O) groups is 1. The predicted molar refractivity (Wildman–Crippen MR) is 67.6 cm³/mol. The molecule has 1 aromatic rings. The van der Waals surface area contributed by atoms with E-state index in [0.717, 1.165) is 19.5 Å². The molecule has 0 radical (unpaired) electrons. The molecule has 1 aromatic carbocycles. The van der Waals surface area contributed by atoms with Crippen LogP contribution in [0.4, 0.5) is 5.69 Å². The standard InChI is InChI=1S/C13H20N2O/c1-3-13(16)14-10-7-11-15(2)12-8-5-4-6-9-12/h4-6,8-9H,3,7,10-11H2,1-2H3,(H,14,16). The lowest BCUT2D eigenvalue weighted by Gasteiger charge is -2.19. The SMILES string of the molecule is CCC(=O)NCCCN(C)c1ccccc1. The van der Waals surface area contributed by atoms with E-state index in [9.17, 15) is 4.79 Å². The molecule has 3 heteroatoms. The van der Waals surface area contributed by atoms with Crippen LogP contribution in [-0.4, -0.2) is 26.0 Å². The molecule has 0 saturated carbocycles. The number of benzene rings is 1. The van der Waals surface area contributed by atoms with Crippen LogP contribution in [0, 0.1) is 0 Å². The maximum Gasteiger partial charge on any atom is 0.219 e. The van der Waals surface area contributed by atoms with Gasteiger partial charge in [-0.3, -0.25) is 4.79 Å². The average molecular weight is 220 g/mol. The van der Waals surface area contributed by atoms with Gasteiger partial charge in [0.15, 0.2) is 0 Å². The Hall–Kier alpha value is -1.51. The monoisotopic (exact) mass is 220 g/mol. The highest BCUT2D eigenvalue weighted by molar-refractivity contribution is 5.75. The van der Waals surface area contributed by atoms with Crippen LogP contribution in [0.3, 0.4) is 0 Å². The molecule has 0 saturated heterocycles. The third kappa shape index (κ3) is 4.34. The highest BCUT2D eigenvalue weighted by Crippen LogP contribution is 2.10. The number of nitrogens with zero attached hydrogens (tertiary/aromatic N) is 1. The van der Waals surface area contributed by atoms with Gasteiger partial charge >= 0.3 is 0 Å². The Bertz CT molecular complexity index is 311. The molecule has 0 spiro atoms. The van der Waals surface area contributed by atoms with Crippen LogP contribution < -0.4 is 10.2 Å². The zero-order chi connectivity index (χ0) is 11.8. The van der Waals surface area contributed by atoms with Crippen LogP contribution in [0.2, 0.25) is 0 Å². The molecule has 0 atom stereocenters. The summed E-state index contributed by atoms with van der Waals surface area (Å²) < 4.78 is 0. The Balaban J connectivity index is 2.21. The summed E-state index contributed by atoms with van der Waals surface area (Å²) in [6.07, 6.45) is 1.53. The topological polar surface area (TPSA) is 32.3 Å². The minimum Gasteiger partial charge on any atom is -0.375 e. The van der Waals surface area contributed by atoms with E-state index in [-0.39, 0.29) is 5.91 Å². The molecular formula is C13H20N2O. The molecule has 88 valence electrons. The van der Waals surface area contributed by atoms with Crippen molar-refractivity contribution in [1.82, 2.24) is 5.32 Å². The van der Waals surface area contributed by atoms with Crippen molar-refractivity contribution in [3.05, 3.63) is 30.3 Å². The highest BCUT2D eigenvalue weighted by atomic mass is 16.1. The summed E-state index contributed by atoms with van der Waals surface area (Å²) in [5.41, 5.74) is 1.21. The van der Waals surface area contributed by atoms with Crippen molar-refractivity contribution in [2.45, 2.75) is 19.8 Å². The smallest absolute Gasteiger partial charge is 0.219 e. The Kier molecular flexibility index (Phi) is 5.40. The van der Waals surface area contributed by atoms with E-state index >= 15 is 0 Å². The number of hydrogen-bond acceptors (Lipinski definition) is 2. The van der Waals surface area contributed by atoms with Crippen molar-refractivity contribution in [2.24, 2.45) is 0 Å². The summed E-state index contributed by atoms with van der Waals surface area (Å²) in [7, 11) is 2.07. The summed E-state index contributed by atoms with van der Waals surface area (Å²) in [6, 6.07) is 10.3. The van der Waals surface area contributed by atoms with Gasteiger partial charge in [0.05, 0.1) is 0 Å². The van der Waals surface area contributed by atoms with Crippen LogP contribution in [-0.2, 0) is 4.79 Å². The Morgan fingerprint density at radius 3 is 2.62 bits per heavy atom. The van der Waals surface area contributed by atoms with Crippen LogP contribution >= 0.6 is 0 Å². The van der Waals surface area contributed by atoms with E-state index in [1.165, 1.54) is 5.69 Å². The third-order valence-corrected chi connectivity index (χ3v) is 2.51. The number of carbonyl (C=O) groups excluding carboxylic acids is 1. The first kappa shape index (κ1) is 12.6. The number of anilines is 1. The molecule has 0 aromatic heterocycles. The van der Waals surface area contributed by atoms with Crippen molar-refractivity contribution in [1.29, 1.82) is 0 Å². The first-order valence-electron chi connectivity index (χ1n) is 5.77. The molecule has 1 N–H and O–H groups in total. The third-order valence-electron chi connectivity index (χ3n) is 2.51. The van der Waals surface area contributed by atoms with Gasteiger partial charge in [0.1, 0.15) is 0 Å². The average Bonchev–Trinajstić information content (AvgIpc) is 2.35. The normalized spacial score (nSPS) is 9.88. The summed E-state index contributed by atoms with van der Waals surface area (Å²) in [5, 5.41) is 2.87. The van der Waals surface area contributed by atoms with Crippen molar-refractivity contribution in [3.8, 4) is 0 Å². The van der Waals surface area contributed by atoms with Crippen molar-refractivity contribution in [2.75, 3.05) is 25.0 Å². The number of rotatable bonds is 6. The summed E-state index contributed by atoms with van der Waals surface area (Å²) >= 11 is 0. The zero-order valence-electron chi connectivity index (χ0n) is 10.1. The Labute approximate surface area is 97.5 Å². The molecule has 0 fully saturated rings. The van der Waals surface area contributed by atoms with E-state index in [1.807, 2.05) is 25.1 Å². The van der Waals surface area contributed by atoms with E-state index < -0.39 is 0 Å². The van der Waals surface area contributed by atoms with Gasteiger partial charge in [0.25, 0.3) is 0 Å². The van der Waals surface area contributed by atoms with Crippen LogP contribution in [0.1, 0.15) is 19.8 Å². The fourth-order valence-corrected chi connectivity index (χ4v) is 1.48. The van der Waals surface area contributed by atoms with Gasteiger partial charge in [0.2, 0.25) is 5.91 Å². The molecule has 0 aliphatic heterocycles. The van der Waals surface area contributed by atoms with Crippen molar-refractivity contribution in [3.63, 3.8) is 0 Å². The Morgan fingerprint density at radius 1 is 1.31 bits per heavy atom. The molecule has 1 rings (SSSR count). The lowest BCUT2D eigenvalue weighted by molar-refractivity contribution is -0.120. The second-order valence-corrected chi connectivity index (χ2v) is 3.81. The number of para-hydroxylation sites is 1. The molecule has 3 nitrogen and oxygen atoms in total. The van der Waals surface area contributed by atoms with Gasteiger partial charge in [-0.1, -0.05) is 25.1 Å². The largest absolute Gasteiger partial charge is 0.375 e. The van der Waals surface area contributed by atoms with Gasteiger partial charge in [-0.15, -0.1) is 0 Å². The zero-order valence-corrected chi connectivity index (χ0v) is 10.1. The van der Waals surface area contributed by atoms with E-state index in [2.05, 4.69) is 29.4 Å². The summed E-state index contributed by atoms with van der Waals surface area (Å²) in [5.74, 6) is 0.127. The molecule has 0 unspecified atom stereocenters. The Morgan fingerprint density at radius 2 is 2.00 bits per heavy atom. The van der Waals surface area contributed by atoms with Crippen LogP contribution in [0.5, 0.6) is 0 Å². The summed E-state index contributed by atoms with van der Waals surface area (Å²) in [6.45, 7) is 3.57. The van der Waals surface area contributed by atoms with Crippen LogP contribution in [0.15, 0.2) is 30.3 Å². The molecule has 0 aliphatic rings. The van der Waals surface area contributed by atoms with Crippen LogP contribution in [0.25, 0.3) is 0 Å². The van der Waals surface area contributed by atoms with Gasteiger partial charge < -0.3 is 10.2 Å². The second kappa shape index (κ2) is 6.88. The second-order valence-electron chi connectivity index (χ2n) is 3.81. The van der Waals surface area contributed by atoms with E-state index in [4.69, 9.17) is 0 Å². The fourth-order valence-electron chi connectivity index (χ4n) is 1.48. The number of nitrogens with one attached hydrogen (secondary N) is 1. The molecule has 0 aliphatic carbocycles. The van der Waals surface area contributed by atoms with Crippen molar-refractivity contribution < 1.29 is 4.79 Å². The minimum absolute atomic E-state index is 0.127. The number of amides is 1. The lowest BCUT2D eigenvalue weighted by Crippen LogP contribution is -2.27. The lowest BCUT2D eigenvalue weighted by atomic mass is 10.3. The minimum atomic E-state index is 0.127. The molecule has 16 heavy (non-hydrogen) atoms. The number of hydrogen-bond donors (Lipinski definition) is 1. The van der Waals surface area contributed by atoms with E-state index in [0.29, 0.717) is 6.42 Å². The maximum absolute atomic E-state index is 11.0. The maximum atomic E-state index is 11.0. The van der Waals surface area contributed by atoms with E-state index in [1.54, 1.807) is 0 Å². The fraction of sp³-hybridized carbons (Fsp3) is 0.462. The van der Waals surface area contributed by atoms with Crippen molar-refractivity contribution >= 4 is 11.6 Å². The first-order chi connectivity index (χ1) is 7.74. The molecule has 0 bridgehead atoms. The van der Waals surface area contributed by atoms with Gasteiger partial charge in [0, 0.05) is 32.2 Å². The van der Waals surface area contributed by atoms with Gasteiger partial charge in [-0.2, -0.15) is 0 Å². The van der Waals surface area contributed by atoms with Gasteiger partial charge in [-0.25, -0.2) is 0 Å². The molecular weight excluding hydrogens is 200 g/mol.